The van der Waals surface area contributed by atoms with Crippen LogP contribution in [0.1, 0.15) is 21.7 Å². The average Bonchev–Trinajstić information content (AvgIpc) is 3.34. The van der Waals surface area contributed by atoms with Crippen LogP contribution in [0.25, 0.3) is 22.2 Å². The number of ketones is 1. The van der Waals surface area contributed by atoms with Gasteiger partial charge in [0.05, 0.1) is 22.0 Å². The number of Topliss-reactive ketones (excluding diaryl/α,β-unsaturated/α-hetero) is 1. The highest BCUT2D eigenvalue weighted by atomic mass is 35.5. The van der Waals surface area contributed by atoms with E-state index in [1.807, 2.05) is 65.3 Å². The third-order valence-electron chi connectivity index (χ3n) is 5.46. The van der Waals surface area contributed by atoms with Gasteiger partial charge in [-0.2, -0.15) is 0 Å². The highest BCUT2D eigenvalue weighted by Gasteiger charge is 2.19. The molecule has 2 aromatic carbocycles. The Morgan fingerprint density at radius 2 is 1.81 bits per heavy atom. The second-order valence-electron chi connectivity index (χ2n) is 7.50. The van der Waals surface area contributed by atoms with Crippen molar-refractivity contribution in [3.05, 3.63) is 87.7 Å². The van der Waals surface area contributed by atoms with Crippen molar-refractivity contribution in [2.75, 3.05) is 5.75 Å². The number of nitrogens with zero attached hydrogens (tertiary/aromatic N) is 4. The van der Waals surface area contributed by atoms with Gasteiger partial charge in [-0.3, -0.25) is 9.20 Å². The smallest absolute Gasteiger partial charge is 0.196 e. The van der Waals surface area contributed by atoms with Crippen LogP contribution < -0.4 is 0 Å². The molecule has 0 saturated carbocycles. The molecule has 0 fully saturated rings. The molecule has 0 bridgehead atoms. The molecule has 0 saturated heterocycles. The molecule has 160 valence electrons. The maximum Gasteiger partial charge on any atom is 0.196 e. The Morgan fingerprint density at radius 3 is 2.66 bits per heavy atom. The first-order valence-electron chi connectivity index (χ1n) is 9.97. The lowest BCUT2D eigenvalue weighted by molar-refractivity contribution is 0.102. The summed E-state index contributed by atoms with van der Waals surface area (Å²) in [6, 6.07) is 19.2. The zero-order valence-corrected chi connectivity index (χ0v) is 19.7. The molecule has 0 aliphatic rings. The van der Waals surface area contributed by atoms with Crippen LogP contribution in [0.15, 0.2) is 65.8 Å². The summed E-state index contributed by atoms with van der Waals surface area (Å²) >= 11 is 14.0. The Morgan fingerprint density at radius 1 is 1.00 bits per heavy atom. The summed E-state index contributed by atoms with van der Waals surface area (Å²) in [6.45, 7) is 3.87. The van der Waals surface area contributed by atoms with Gasteiger partial charge >= 0.3 is 0 Å². The van der Waals surface area contributed by atoms with E-state index in [-0.39, 0.29) is 11.5 Å². The third kappa shape index (κ3) is 3.58. The number of hydrogen-bond acceptors (Lipinski definition) is 4. The van der Waals surface area contributed by atoms with E-state index in [4.69, 9.17) is 23.2 Å². The van der Waals surface area contributed by atoms with Crippen LogP contribution in [-0.4, -0.2) is 30.7 Å². The number of benzene rings is 2. The molecule has 5 aromatic rings. The molecule has 0 N–H and O–H groups in total. The summed E-state index contributed by atoms with van der Waals surface area (Å²) in [5, 5.41) is 11.5. The van der Waals surface area contributed by atoms with Crippen molar-refractivity contribution < 1.29 is 4.79 Å². The van der Waals surface area contributed by atoms with E-state index in [0.29, 0.717) is 20.8 Å². The zero-order chi connectivity index (χ0) is 22.4. The lowest BCUT2D eigenvalue weighted by Crippen LogP contribution is -2.06. The molecular weight excluding hydrogens is 463 g/mol. The van der Waals surface area contributed by atoms with Crippen LogP contribution in [0.5, 0.6) is 0 Å². The number of rotatable bonds is 5. The van der Waals surface area contributed by atoms with Crippen molar-refractivity contribution >= 4 is 57.3 Å². The van der Waals surface area contributed by atoms with Crippen molar-refractivity contribution in [3.63, 3.8) is 0 Å². The van der Waals surface area contributed by atoms with Gasteiger partial charge in [0.25, 0.3) is 0 Å². The van der Waals surface area contributed by atoms with Crippen molar-refractivity contribution in [2.24, 2.45) is 0 Å². The van der Waals surface area contributed by atoms with Gasteiger partial charge in [-0.05, 0) is 61.7 Å². The van der Waals surface area contributed by atoms with Gasteiger partial charge in [-0.25, -0.2) is 0 Å². The number of aromatic nitrogens is 4. The Bertz CT molecular complexity index is 1510. The van der Waals surface area contributed by atoms with Crippen LogP contribution in [0.3, 0.4) is 0 Å². The van der Waals surface area contributed by atoms with E-state index in [0.717, 1.165) is 33.6 Å². The average molecular weight is 481 g/mol. The highest BCUT2D eigenvalue weighted by molar-refractivity contribution is 7.99. The SMILES string of the molecule is Cc1cc(C(=O)CSc2nnc3ccc4ccccc4n23)c(C)n1-c1cc(Cl)ccc1Cl. The summed E-state index contributed by atoms with van der Waals surface area (Å²) in [6.07, 6.45) is 0. The molecular formula is C24H18Cl2N4OS. The van der Waals surface area contributed by atoms with E-state index in [1.54, 1.807) is 18.2 Å². The fourth-order valence-electron chi connectivity index (χ4n) is 3.99. The first-order chi connectivity index (χ1) is 15.4. The molecule has 0 aliphatic carbocycles. The Kier molecular flexibility index (Phi) is 5.45. The maximum absolute atomic E-state index is 13.2. The molecule has 5 rings (SSSR count). The minimum atomic E-state index is 0.0180. The highest BCUT2D eigenvalue weighted by Crippen LogP contribution is 2.30. The largest absolute Gasteiger partial charge is 0.316 e. The van der Waals surface area contributed by atoms with E-state index in [9.17, 15) is 4.79 Å². The van der Waals surface area contributed by atoms with Crippen molar-refractivity contribution in [2.45, 2.75) is 19.0 Å². The molecule has 0 radical (unpaired) electrons. The van der Waals surface area contributed by atoms with Gasteiger partial charge in [-0.15, -0.1) is 10.2 Å². The molecule has 0 aliphatic heterocycles. The van der Waals surface area contributed by atoms with Crippen LogP contribution >= 0.6 is 35.0 Å². The maximum atomic E-state index is 13.2. The second-order valence-corrected chi connectivity index (χ2v) is 9.28. The minimum Gasteiger partial charge on any atom is -0.316 e. The predicted octanol–water partition coefficient (Wildman–Crippen LogP) is 6.57. The van der Waals surface area contributed by atoms with E-state index < -0.39 is 0 Å². The zero-order valence-electron chi connectivity index (χ0n) is 17.3. The quantitative estimate of drug-likeness (QED) is 0.210. The fourth-order valence-corrected chi connectivity index (χ4v) is 5.19. The van der Waals surface area contributed by atoms with Crippen LogP contribution in [-0.2, 0) is 0 Å². The van der Waals surface area contributed by atoms with Crippen LogP contribution in [0.4, 0.5) is 0 Å². The number of fused-ring (bicyclic) bond motifs is 3. The van der Waals surface area contributed by atoms with Gasteiger partial charge in [0.2, 0.25) is 0 Å². The van der Waals surface area contributed by atoms with Crippen molar-refractivity contribution in [3.8, 4) is 5.69 Å². The first-order valence-corrected chi connectivity index (χ1v) is 11.7. The van der Waals surface area contributed by atoms with Gasteiger partial charge in [0.15, 0.2) is 16.6 Å². The molecule has 0 amide bonds. The molecule has 3 aromatic heterocycles. The second kappa shape index (κ2) is 8.28. The number of para-hydroxylation sites is 1. The van der Waals surface area contributed by atoms with Crippen LogP contribution in [0.2, 0.25) is 10.0 Å². The normalized spacial score (nSPS) is 11.5. The lowest BCUT2D eigenvalue weighted by atomic mass is 10.2. The van der Waals surface area contributed by atoms with E-state index >= 15 is 0 Å². The molecule has 8 heteroatoms. The predicted molar refractivity (Wildman–Crippen MR) is 131 cm³/mol. The first kappa shape index (κ1) is 21.1. The lowest BCUT2D eigenvalue weighted by Gasteiger charge is -2.12. The molecule has 5 nitrogen and oxygen atoms in total. The number of hydrogen-bond donors (Lipinski definition) is 0. The molecule has 0 atom stereocenters. The van der Waals surface area contributed by atoms with Gasteiger partial charge in [0.1, 0.15) is 0 Å². The number of pyridine rings is 1. The molecule has 32 heavy (non-hydrogen) atoms. The topological polar surface area (TPSA) is 52.2 Å². The Hall–Kier alpha value is -2.80. The Balaban J connectivity index is 1.46. The van der Waals surface area contributed by atoms with E-state index in [1.165, 1.54) is 11.8 Å². The van der Waals surface area contributed by atoms with E-state index in [2.05, 4.69) is 10.2 Å². The third-order valence-corrected chi connectivity index (χ3v) is 6.94. The Labute approximate surface area is 199 Å². The summed E-state index contributed by atoms with van der Waals surface area (Å²) in [5.74, 6) is 0.266. The number of carbonyl (C=O) groups excluding carboxylic acids is 1. The summed E-state index contributed by atoms with van der Waals surface area (Å²) < 4.78 is 3.95. The summed E-state index contributed by atoms with van der Waals surface area (Å²) in [7, 11) is 0. The van der Waals surface area contributed by atoms with Gasteiger partial charge in [0, 0.05) is 22.0 Å². The van der Waals surface area contributed by atoms with Gasteiger partial charge < -0.3 is 4.57 Å². The minimum absolute atomic E-state index is 0.0180. The number of halogens is 2. The summed E-state index contributed by atoms with van der Waals surface area (Å²) in [4.78, 5) is 13.2. The number of aryl methyl sites for hydroxylation is 1. The van der Waals surface area contributed by atoms with Crippen molar-refractivity contribution in [1.82, 2.24) is 19.2 Å². The molecule has 0 spiro atoms. The number of carbonyl (C=O) groups is 1. The summed E-state index contributed by atoms with van der Waals surface area (Å²) in [5.41, 5.74) is 4.93. The van der Waals surface area contributed by atoms with Crippen molar-refractivity contribution in [1.29, 1.82) is 0 Å². The molecule has 3 heterocycles. The van der Waals surface area contributed by atoms with Crippen LogP contribution in [0, 0.1) is 13.8 Å². The van der Waals surface area contributed by atoms with Gasteiger partial charge in [-0.1, -0.05) is 53.2 Å². The monoisotopic (exact) mass is 480 g/mol. The standard InChI is InChI=1S/C24H18Cl2N4OS/c1-14-11-18(15(2)29(14)21-12-17(25)8-9-19(21)26)22(31)13-32-24-28-27-23-10-7-16-5-3-4-6-20(16)30(23)24/h3-12H,13H2,1-2H3. The molecule has 0 unspecified atom stereocenters. The fraction of sp³-hybridized carbons (Fsp3) is 0.125. The number of thioether (sulfide) groups is 1.